The molecule has 0 heterocycles. The SMILES string of the molecule is CCOc1cccc(C(=O)O)c1OC(F)(F)F. The minimum absolute atomic E-state index is 0.0945. The van der Waals surface area contributed by atoms with E-state index < -0.39 is 23.6 Å². The third-order valence-electron chi connectivity index (χ3n) is 1.73. The van der Waals surface area contributed by atoms with Gasteiger partial charge in [-0.1, -0.05) is 6.07 Å². The number of carboxylic acid groups (broad SMARTS) is 1. The van der Waals surface area contributed by atoms with Gasteiger partial charge in [-0.2, -0.15) is 0 Å². The molecule has 1 rings (SSSR count). The summed E-state index contributed by atoms with van der Waals surface area (Å²) in [4.78, 5) is 10.8. The highest BCUT2D eigenvalue weighted by Gasteiger charge is 2.34. The van der Waals surface area contributed by atoms with Crippen LogP contribution >= 0.6 is 0 Å². The highest BCUT2D eigenvalue weighted by atomic mass is 19.4. The van der Waals surface area contributed by atoms with Gasteiger partial charge in [-0.25, -0.2) is 4.79 Å². The summed E-state index contributed by atoms with van der Waals surface area (Å²) in [7, 11) is 0. The minimum Gasteiger partial charge on any atom is -0.490 e. The first-order valence-corrected chi connectivity index (χ1v) is 4.60. The maximum absolute atomic E-state index is 12.1. The second-order valence-electron chi connectivity index (χ2n) is 2.92. The molecular formula is C10H9F3O4. The number of para-hydroxylation sites is 1. The van der Waals surface area contributed by atoms with E-state index in [1.807, 2.05) is 0 Å². The molecule has 0 aliphatic heterocycles. The van der Waals surface area contributed by atoms with Gasteiger partial charge in [0.15, 0.2) is 11.5 Å². The molecule has 0 aromatic heterocycles. The minimum atomic E-state index is -4.97. The molecule has 0 aliphatic carbocycles. The largest absolute Gasteiger partial charge is 0.573 e. The Hall–Kier alpha value is -1.92. The van der Waals surface area contributed by atoms with Crippen LogP contribution in [0, 0.1) is 0 Å². The number of benzene rings is 1. The zero-order valence-corrected chi connectivity index (χ0v) is 8.75. The normalized spacial score (nSPS) is 11.1. The highest BCUT2D eigenvalue weighted by Crippen LogP contribution is 2.35. The number of hydrogen-bond acceptors (Lipinski definition) is 3. The third kappa shape index (κ3) is 3.54. The summed E-state index contributed by atoms with van der Waals surface area (Å²) in [5.74, 6) is -2.62. The van der Waals surface area contributed by atoms with E-state index in [1.165, 1.54) is 12.1 Å². The average molecular weight is 250 g/mol. The fourth-order valence-corrected chi connectivity index (χ4v) is 1.17. The Labute approximate surface area is 94.6 Å². The van der Waals surface area contributed by atoms with Gasteiger partial charge < -0.3 is 14.6 Å². The first-order chi connectivity index (χ1) is 7.85. The molecule has 0 saturated carbocycles. The van der Waals surface area contributed by atoms with E-state index in [9.17, 15) is 18.0 Å². The van der Waals surface area contributed by atoms with Gasteiger partial charge in [-0.15, -0.1) is 13.2 Å². The predicted molar refractivity (Wildman–Crippen MR) is 51.3 cm³/mol. The Bertz CT molecular complexity index is 415. The fourth-order valence-electron chi connectivity index (χ4n) is 1.17. The zero-order chi connectivity index (χ0) is 13.1. The summed E-state index contributed by atoms with van der Waals surface area (Å²) in [6.07, 6.45) is -4.97. The average Bonchev–Trinajstić information content (AvgIpc) is 2.18. The Morgan fingerprint density at radius 1 is 1.41 bits per heavy atom. The standard InChI is InChI=1S/C10H9F3O4/c1-2-16-7-5-3-4-6(9(14)15)8(7)17-10(11,12)13/h3-5H,2H2,1H3,(H,14,15). The van der Waals surface area contributed by atoms with Crippen LogP contribution in [0.4, 0.5) is 13.2 Å². The monoisotopic (exact) mass is 250 g/mol. The molecule has 94 valence electrons. The number of ether oxygens (including phenoxy) is 2. The highest BCUT2D eigenvalue weighted by molar-refractivity contribution is 5.92. The van der Waals surface area contributed by atoms with Crippen LogP contribution in [0.2, 0.25) is 0 Å². The number of rotatable bonds is 4. The molecule has 7 heteroatoms. The van der Waals surface area contributed by atoms with Crippen LogP contribution in [0.1, 0.15) is 17.3 Å². The maximum Gasteiger partial charge on any atom is 0.573 e. The van der Waals surface area contributed by atoms with Crippen LogP contribution in [0.25, 0.3) is 0 Å². The molecule has 0 radical (unpaired) electrons. The summed E-state index contributed by atoms with van der Waals surface area (Å²) in [5, 5.41) is 8.75. The van der Waals surface area contributed by atoms with Crippen molar-refractivity contribution >= 4 is 5.97 Å². The van der Waals surface area contributed by atoms with E-state index in [0.29, 0.717) is 0 Å². The Balaban J connectivity index is 3.23. The van der Waals surface area contributed by atoms with Gasteiger partial charge in [0, 0.05) is 0 Å². The van der Waals surface area contributed by atoms with E-state index >= 15 is 0 Å². The van der Waals surface area contributed by atoms with Gasteiger partial charge in [-0.05, 0) is 19.1 Å². The molecule has 0 saturated heterocycles. The van der Waals surface area contributed by atoms with E-state index in [-0.39, 0.29) is 12.4 Å². The first kappa shape index (κ1) is 13.1. The molecule has 0 aliphatic rings. The first-order valence-electron chi connectivity index (χ1n) is 4.60. The van der Waals surface area contributed by atoms with E-state index in [2.05, 4.69) is 4.74 Å². The van der Waals surface area contributed by atoms with Crippen molar-refractivity contribution in [2.75, 3.05) is 6.61 Å². The van der Waals surface area contributed by atoms with Gasteiger partial charge in [-0.3, -0.25) is 0 Å². The van der Waals surface area contributed by atoms with Crippen molar-refractivity contribution in [1.82, 2.24) is 0 Å². The van der Waals surface area contributed by atoms with Crippen LogP contribution in [-0.4, -0.2) is 24.0 Å². The fraction of sp³-hybridized carbons (Fsp3) is 0.300. The summed E-state index contributed by atoms with van der Waals surface area (Å²) in [6.45, 7) is 1.65. The zero-order valence-electron chi connectivity index (χ0n) is 8.75. The van der Waals surface area contributed by atoms with Gasteiger partial charge in [0.2, 0.25) is 0 Å². The van der Waals surface area contributed by atoms with Gasteiger partial charge >= 0.3 is 12.3 Å². The van der Waals surface area contributed by atoms with Crippen molar-refractivity contribution in [1.29, 1.82) is 0 Å². The topological polar surface area (TPSA) is 55.8 Å². The van der Waals surface area contributed by atoms with Crippen molar-refractivity contribution in [3.05, 3.63) is 23.8 Å². The predicted octanol–water partition coefficient (Wildman–Crippen LogP) is 2.68. The number of alkyl halides is 3. The van der Waals surface area contributed by atoms with Crippen LogP contribution in [0.5, 0.6) is 11.5 Å². The van der Waals surface area contributed by atoms with Gasteiger partial charge in [0.25, 0.3) is 0 Å². The second-order valence-corrected chi connectivity index (χ2v) is 2.92. The van der Waals surface area contributed by atoms with Gasteiger partial charge in [0.05, 0.1) is 6.61 Å². The van der Waals surface area contributed by atoms with Crippen molar-refractivity contribution in [2.45, 2.75) is 13.3 Å². The molecular weight excluding hydrogens is 241 g/mol. The lowest BCUT2D eigenvalue weighted by atomic mass is 10.2. The third-order valence-corrected chi connectivity index (χ3v) is 1.73. The molecule has 17 heavy (non-hydrogen) atoms. The molecule has 0 unspecified atom stereocenters. The van der Waals surface area contributed by atoms with E-state index in [4.69, 9.17) is 9.84 Å². The number of hydrogen-bond donors (Lipinski definition) is 1. The van der Waals surface area contributed by atoms with Crippen molar-refractivity contribution in [2.24, 2.45) is 0 Å². The van der Waals surface area contributed by atoms with E-state index in [1.54, 1.807) is 6.92 Å². The Morgan fingerprint density at radius 3 is 2.53 bits per heavy atom. The van der Waals surface area contributed by atoms with Crippen LogP contribution in [0.3, 0.4) is 0 Å². The lowest BCUT2D eigenvalue weighted by molar-refractivity contribution is -0.275. The maximum atomic E-state index is 12.1. The van der Waals surface area contributed by atoms with E-state index in [0.717, 1.165) is 6.07 Å². The smallest absolute Gasteiger partial charge is 0.490 e. The molecule has 0 bridgehead atoms. The van der Waals surface area contributed by atoms with Crippen LogP contribution in [-0.2, 0) is 0 Å². The molecule has 0 spiro atoms. The van der Waals surface area contributed by atoms with Crippen LogP contribution in [0.15, 0.2) is 18.2 Å². The molecule has 4 nitrogen and oxygen atoms in total. The number of carboxylic acids is 1. The number of halogens is 3. The van der Waals surface area contributed by atoms with Crippen LogP contribution < -0.4 is 9.47 Å². The summed E-state index contributed by atoms with van der Waals surface area (Å²) < 4.78 is 45.0. The second kappa shape index (κ2) is 4.94. The van der Waals surface area contributed by atoms with Crippen molar-refractivity contribution in [3.63, 3.8) is 0 Å². The molecule has 0 amide bonds. The summed E-state index contributed by atoms with van der Waals surface area (Å²) in [6, 6.07) is 3.49. The van der Waals surface area contributed by atoms with Crippen molar-refractivity contribution < 1.29 is 32.5 Å². The quantitative estimate of drug-likeness (QED) is 0.892. The lowest BCUT2D eigenvalue weighted by Crippen LogP contribution is -2.19. The number of carbonyl (C=O) groups is 1. The molecule has 1 aromatic carbocycles. The molecule has 1 aromatic rings. The number of aromatic carboxylic acids is 1. The molecule has 0 atom stereocenters. The summed E-state index contributed by atoms with van der Waals surface area (Å²) >= 11 is 0. The Morgan fingerprint density at radius 2 is 2.06 bits per heavy atom. The van der Waals surface area contributed by atoms with Crippen molar-refractivity contribution in [3.8, 4) is 11.5 Å². The summed E-state index contributed by atoms with van der Waals surface area (Å²) in [5.41, 5.74) is -0.603. The lowest BCUT2D eigenvalue weighted by Gasteiger charge is -2.15. The molecule has 1 N–H and O–H groups in total. The van der Waals surface area contributed by atoms with Gasteiger partial charge in [0.1, 0.15) is 5.56 Å². The Kier molecular flexibility index (Phi) is 3.82. The molecule has 0 fully saturated rings.